The molecule has 0 aliphatic heterocycles. The molecule has 0 radical (unpaired) electrons. The molecule has 0 saturated carbocycles. The summed E-state index contributed by atoms with van der Waals surface area (Å²) in [4.78, 5) is 0. The highest BCUT2D eigenvalue weighted by Crippen LogP contribution is 2.15. The lowest BCUT2D eigenvalue weighted by Crippen LogP contribution is -1.94. The second kappa shape index (κ2) is 4.93. The minimum atomic E-state index is -0.110. The van der Waals surface area contributed by atoms with Crippen LogP contribution in [0.1, 0.15) is 23.6 Å². The van der Waals surface area contributed by atoms with Crippen molar-refractivity contribution in [1.29, 1.82) is 0 Å². The SMILES string of the molecule is CCc1ccc(F)c(Cc2ccccc2)c1. The van der Waals surface area contributed by atoms with Gasteiger partial charge in [-0.3, -0.25) is 0 Å². The van der Waals surface area contributed by atoms with Crippen molar-refractivity contribution in [1.82, 2.24) is 0 Å². The van der Waals surface area contributed by atoms with Crippen LogP contribution < -0.4 is 0 Å². The summed E-state index contributed by atoms with van der Waals surface area (Å²) < 4.78 is 13.6. The van der Waals surface area contributed by atoms with Crippen molar-refractivity contribution in [2.24, 2.45) is 0 Å². The minimum absolute atomic E-state index is 0.110. The van der Waals surface area contributed by atoms with E-state index in [2.05, 4.69) is 6.92 Å². The first-order valence-electron chi connectivity index (χ1n) is 5.61. The Morgan fingerprint density at radius 1 is 0.938 bits per heavy atom. The van der Waals surface area contributed by atoms with Crippen molar-refractivity contribution in [3.63, 3.8) is 0 Å². The standard InChI is InChI=1S/C15H15F/c1-2-12-8-9-15(16)14(10-12)11-13-6-4-3-5-7-13/h3-10H,2,11H2,1H3. The zero-order chi connectivity index (χ0) is 11.4. The lowest BCUT2D eigenvalue weighted by atomic mass is 10.0. The normalized spacial score (nSPS) is 10.4. The number of benzene rings is 2. The zero-order valence-electron chi connectivity index (χ0n) is 9.41. The molecule has 0 atom stereocenters. The van der Waals surface area contributed by atoms with Crippen molar-refractivity contribution in [3.8, 4) is 0 Å². The lowest BCUT2D eigenvalue weighted by Gasteiger charge is -2.05. The van der Waals surface area contributed by atoms with Gasteiger partial charge in [-0.05, 0) is 29.2 Å². The van der Waals surface area contributed by atoms with Gasteiger partial charge >= 0.3 is 0 Å². The summed E-state index contributed by atoms with van der Waals surface area (Å²) in [5.74, 6) is -0.110. The van der Waals surface area contributed by atoms with Crippen LogP contribution in [0.25, 0.3) is 0 Å². The van der Waals surface area contributed by atoms with E-state index in [4.69, 9.17) is 0 Å². The van der Waals surface area contributed by atoms with Gasteiger partial charge in [-0.1, -0.05) is 49.4 Å². The fourth-order valence-corrected chi connectivity index (χ4v) is 1.80. The Morgan fingerprint density at radius 3 is 2.38 bits per heavy atom. The largest absolute Gasteiger partial charge is 0.207 e. The molecule has 0 aliphatic carbocycles. The van der Waals surface area contributed by atoms with Crippen LogP contribution in [0.2, 0.25) is 0 Å². The van der Waals surface area contributed by atoms with Gasteiger partial charge in [0.2, 0.25) is 0 Å². The van der Waals surface area contributed by atoms with E-state index in [1.807, 2.05) is 42.5 Å². The van der Waals surface area contributed by atoms with E-state index < -0.39 is 0 Å². The summed E-state index contributed by atoms with van der Waals surface area (Å²) in [7, 11) is 0. The number of hydrogen-bond donors (Lipinski definition) is 0. The maximum absolute atomic E-state index is 13.6. The third-order valence-corrected chi connectivity index (χ3v) is 2.76. The van der Waals surface area contributed by atoms with Crippen molar-refractivity contribution >= 4 is 0 Å². The van der Waals surface area contributed by atoms with Crippen LogP contribution in [0.3, 0.4) is 0 Å². The van der Waals surface area contributed by atoms with E-state index in [9.17, 15) is 4.39 Å². The van der Waals surface area contributed by atoms with Gasteiger partial charge in [0.25, 0.3) is 0 Å². The number of halogens is 1. The Labute approximate surface area is 95.7 Å². The van der Waals surface area contributed by atoms with Crippen molar-refractivity contribution in [2.45, 2.75) is 19.8 Å². The third-order valence-electron chi connectivity index (χ3n) is 2.76. The van der Waals surface area contributed by atoms with Crippen LogP contribution in [-0.4, -0.2) is 0 Å². The molecule has 2 aromatic carbocycles. The first kappa shape index (κ1) is 10.9. The summed E-state index contributed by atoms with van der Waals surface area (Å²) in [5.41, 5.74) is 3.12. The molecular formula is C15H15F. The maximum atomic E-state index is 13.6. The van der Waals surface area contributed by atoms with Crippen molar-refractivity contribution in [2.75, 3.05) is 0 Å². The van der Waals surface area contributed by atoms with E-state index in [-0.39, 0.29) is 5.82 Å². The zero-order valence-corrected chi connectivity index (χ0v) is 9.41. The molecule has 1 heteroatoms. The van der Waals surface area contributed by atoms with Gasteiger partial charge in [-0.25, -0.2) is 4.39 Å². The Kier molecular flexibility index (Phi) is 3.35. The van der Waals surface area contributed by atoms with Gasteiger partial charge in [0.15, 0.2) is 0 Å². The number of hydrogen-bond acceptors (Lipinski definition) is 0. The minimum Gasteiger partial charge on any atom is -0.207 e. The van der Waals surface area contributed by atoms with Gasteiger partial charge in [-0.15, -0.1) is 0 Å². The Hall–Kier alpha value is -1.63. The predicted molar refractivity (Wildman–Crippen MR) is 65.0 cm³/mol. The molecule has 0 aliphatic rings. The summed E-state index contributed by atoms with van der Waals surface area (Å²) in [6.45, 7) is 2.08. The lowest BCUT2D eigenvalue weighted by molar-refractivity contribution is 0.613. The number of aryl methyl sites for hydroxylation is 1. The van der Waals surface area contributed by atoms with Crippen LogP contribution in [-0.2, 0) is 12.8 Å². The highest BCUT2D eigenvalue weighted by atomic mass is 19.1. The highest BCUT2D eigenvalue weighted by molar-refractivity contribution is 5.30. The molecule has 0 N–H and O–H groups in total. The van der Waals surface area contributed by atoms with Crippen LogP contribution >= 0.6 is 0 Å². The molecule has 0 amide bonds. The fourth-order valence-electron chi connectivity index (χ4n) is 1.80. The Bertz CT molecular complexity index is 460. The summed E-state index contributed by atoms with van der Waals surface area (Å²) >= 11 is 0. The smallest absolute Gasteiger partial charge is 0.126 e. The van der Waals surface area contributed by atoms with E-state index in [1.165, 1.54) is 5.56 Å². The third kappa shape index (κ3) is 2.48. The molecule has 2 aromatic rings. The molecule has 0 spiro atoms. The molecule has 0 fully saturated rings. The molecule has 2 rings (SSSR count). The summed E-state index contributed by atoms with van der Waals surface area (Å²) in [6, 6.07) is 15.4. The average Bonchev–Trinajstić information content (AvgIpc) is 2.33. The predicted octanol–water partition coefficient (Wildman–Crippen LogP) is 3.98. The molecule has 0 nitrogen and oxygen atoms in total. The van der Waals surface area contributed by atoms with Crippen molar-refractivity contribution < 1.29 is 4.39 Å². The van der Waals surface area contributed by atoms with Gasteiger partial charge < -0.3 is 0 Å². The monoisotopic (exact) mass is 214 g/mol. The molecular weight excluding hydrogens is 199 g/mol. The fraction of sp³-hybridized carbons (Fsp3) is 0.200. The van der Waals surface area contributed by atoms with E-state index >= 15 is 0 Å². The van der Waals surface area contributed by atoms with Crippen LogP contribution in [0.5, 0.6) is 0 Å². The van der Waals surface area contributed by atoms with E-state index in [0.717, 1.165) is 17.5 Å². The Balaban J connectivity index is 2.27. The second-order valence-corrected chi connectivity index (χ2v) is 3.94. The average molecular weight is 214 g/mol. The Morgan fingerprint density at radius 2 is 1.69 bits per heavy atom. The van der Waals surface area contributed by atoms with Crippen molar-refractivity contribution in [3.05, 3.63) is 71.0 Å². The maximum Gasteiger partial charge on any atom is 0.126 e. The molecule has 0 heterocycles. The molecule has 0 aromatic heterocycles. The second-order valence-electron chi connectivity index (χ2n) is 3.94. The highest BCUT2D eigenvalue weighted by Gasteiger charge is 2.03. The van der Waals surface area contributed by atoms with Crippen LogP contribution in [0, 0.1) is 5.82 Å². The van der Waals surface area contributed by atoms with E-state index in [1.54, 1.807) is 6.07 Å². The van der Waals surface area contributed by atoms with Crippen LogP contribution in [0.4, 0.5) is 4.39 Å². The quantitative estimate of drug-likeness (QED) is 0.725. The number of rotatable bonds is 3. The molecule has 0 bridgehead atoms. The first-order valence-corrected chi connectivity index (χ1v) is 5.61. The van der Waals surface area contributed by atoms with Gasteiger partial charge in [-0.2, -0.15) is 0 Å². The topological polar surface area (TPSA) is 0 Å². The molecule has 16 heavy (non-hydrogen) atoms. The molecule has 0 unspecified atom stereocenters. The summed E-state index contributed by atoms with van der Waals surface area (Å²) in [5, 5.41) is 0. The summed E-state index contributed by atoms with van der Waals surface area (Å²) in [6.07, 6.45) is 1.61. The van der Waals surface area contributed by atoms with Gasteiger partial charge in [0.1, 0.15) is 5.82 Å². The van der Waals surface area contributed by atoms with Gasteiger partial charge in [0.05, 0.1) is 0 Å². The van der Waals surface area contributed by atoms with Crippen LogP contribution in [0.15, 0.2) is 48.5 Å². The first-order chi connectivity index (χ1) is 7.79. The molecule has 0 saturated heterocycles. The van der Waals surface area contributed by atoms with Gasteiger partial charge in [0, 0.05) is 6.42 Å². The molecule has 82 valence electrons. The van der Waals surface area contributed by atoms with E-state index in [0.29, 0.717) is 6.42 Å².